The fourth-order valence-electron chi connectivity index (χ4n) is 3.34. The number of nitrogens with two attached hydrogens (primary N) is 1. The number of benzene rings is 1. The van der Waals surface area contributed by atoms with Gasteiger partial charge in [-0.1, -0.05) is 6.07 Å². The van der Waals surface area contributed by atoms with Gasteiger partial charge in [0.25, 0.3) is 0 Å². The van der Waals surface area contributed by atoms with Gasteiger partial charge in [0.1, 0.15) is 17.9 Å². The molecule has 0 saturated heterocycles. The molecule has 1 unspecified atom stereocenters. The maximum atomic E-state index is 11.8. The summed E-state index contributed by atoms with van der Waals surface area (Å²) in [5.74, 6) is 0.280. The second kappa shape index (κ2) is 7.88. The lowest BCUT2D eigenvalue weighted by atomic mass is 10.1. The molecule has 0 saturated carbocycles. The lowest BCUT2D eigenvalue weighted by Crippen LogP contribution is -2.38. The van der Waals surface area contributed by atoms with Gasteiger partial charge >= 0.3 is 0 Å². The number of amides is 1. The standard InChI is InChI=1S/C20H23N7O2/c1-3-29-11-18(28)23-12(2)9-27-10-15-19(26-27)14-5-4-13(16-6-7-22-25-16)8-17(14)24-20(15)21/h4-8,10,12H,3,9,11H2,1-2H3,(H2,21,24)(H,22,25)(H,23,28). The fraction of sp³-hybridized carbons (Fsp3) is 0.300. The molecule has 0 aliphatic carbocycles. The number of aromatic amines is 1. The van der Waals surface area contributed by atoms with Gasteiger partial charge in [0, 0.05) is 36.0 Å². The van der Waals surface area contributed by atoms with Crippen molar-refractivity contribution in [1.82, 2.24) is 30.3 Å². The number of fused-ring (bicyclic) bond motifs is 3. The molecule has 3 aromatic heterocycles. The first-order chi connectivity index (χ1) is 14.0. The number of anilines is 1. The van der Waals surface area contributed by atoms with E-state index in [-0.39, 0.29) is 18.6 Å². The van der Waals surface area contributed by atoms with E-state index in [1.807, 2.05) is 44.3 Å². The SMILES string of the molecule is CCOCC(=O)NC(C)Cn1cc2c(N)nc3cc(-c4ccn[nH]4)ccc3c2n1. The minimum Gasteiger partial charge on any atom is -0.383 e. The first kappa shape index (κ1) is 18.9. The molecular formula is C20H23N7O2. The largest absolute Gasteiger partial charge is 0.383 e. The number of ether oxygens (including phenoxy) is 1. The second-order valence-corrected chi connectivity index (χ2v) is 6.92. The summed E-state index contributed by atoms with van der Waals surface area (Å²) >= 11 is 0. The van der Waals surface area contributed by atoms with Crippen LogP contribution in [0.2, 0.25) is 0 Å². The van der Waals surface area contributed by atoms with Crippen LogP contribution in [0, 0.1) is 0 Å². The molecule has 1 aromatic carbocycles. The molecule has 4 N–H and O–H groups in total. The van der Waals surface area contributed by atoms with Crippen molar-refractivity contribution in [3.05, 3.63) is 36.7 Å². The van der Waals surface area contributed by atoms with Crippen LogP contribution in [0.1, 0.15) is 13.8 Å². The highest BCUT2D eigenvalue weighted by Gasteiger charge is 2.14. The summed E-state index contributed by atoms with van der Waals surface area (Å²) in [6, 6.07) is 7.76. The summed E-state index contributed by atoms with van der Waals surface area (Å²) < 4.78 is 6.92. The van der Waals surface area contributed by atoms with E-state index in [1.165, 1.54) is 0 Å². The molecule has 1 atom stereocenters. The van der Waals surface area contributed by atoms with E-state index in [0.29, 0.717) is 19.0 Å². The Morgan fingerprint density at radius 1 is 1.34 bits per heavy atom. The van der Waals surface area contributed by atoms with Gasteiger partial charge in [-0.3, -0.25) is 14.6 Å². The summed E-state index contributed by atoms with van der Waals surface area (Å²) in [4.78, 5) is 16.4. The van der Waals surface area contributed by atoms with Crippen molar-refractivity contribution in [3.8, 4) is 11.3 Å². The van der Waals surface area contributed by atoms with Crippen LogP contribution in [-0.4, -0.2) is 50.1 Å². The number of pyridine rings is 1. The Morgan fingerprint density at radius 3 is 2.97 bits per heavy atom. The van der Waals surface area contributed by atoms with E-state index >= 15 is 0 Å². The molecule has 29 heavy (non-hydrogen) atoms. The molecular weight excluding hydrogens is 370 g/mol. The normalized spacial score (nSPS) is 12.5. The van der Waals surface area contributed by atoms with E-state index in [1.54, 1.807) is 10.9 Å². The first-order valence-corrected chi connectivity index (χ1v) is 9.48. The van der Waals surface area contributed by atoms with Crippen LogP contribution in [0.4, 0.5) is 5.82 Å². The van der Waals surface area contributed by atoms with Gasteiger partial charge in [-0.25, -0.2) is 4.98 Å². The molecule has 4 rings (SSSR count). The van der Waals surface area contributed by atoms with E-state index in [9.17, 15) is 4.79 Å². The number of H-pyrrole nitrogens is 1. The molecule has 3 heterocycles. The number of nitrogens with zero attached hydrogens (tertiary/aromatic N) is 4. The molecule has 9 heteroatoms. The molecule has 0 radical (unpaired) electrons. The Morgan fingerprint density at radius 2 is 2.21 bits per heavy atom. The van der Waals surface area contributed by atoms with Crippen molar-refractivity contribution in [2.75, 3.05) is 18.9 Å². The molecule has 0 spiro atoms. The Hall–Kier alpha value is -3.46. The fourth-order valence-corrected chi connectivity index (χ4v) is 3.34. The number of nitrogen functional groups attached to an aromatic ring is 1. The third-order valence-electron chi connectivity index (χ3n) is 4.65. The van der Waals surface area contributed by atoms with Crippen LogP contribution < -0.4 is 11.1 Å². The molecule has 0 bridgehead atoms. The maximum absolute atomic E-state index is 11.8. The number of nitrogens with one attached hydrogen (secondary N) is 2. The topological polar surface area (TPSA) is 124 Å². The average Bonchev–Trinajstić information content (AvgIpc) is 3.36. The van der Waals surface area contributed by atoms with Crippen LogP contribution in [0.25, 0.3) is 33.1 Å². The number of aromatic nitrogens is 5. The van der Waals surface area contributed by atoms with Crippen LogP contribution in [0.3, 0.4) is 0 Å². The minimum absolute atomic E-state index is 0.0576. The zero-order valence-electron chi connectivity index (χ0n) is 16.3. The highest BCUT2D eigenvalue weighted by atomic mass is 16.5. The molecule has 4 aromatic rings. The van der Waals surface area contributed by atoms with Crippen molar-refractivity contribution in [2.24, 2.45) is 0 Å². The van der Waals surface area contributed by atoms with Gasteiger partial charge in [0.2, 0.25) is 5.91 Å². The van der Waals surface area contributed by atoms with E-state index < -0.39 is 0 Å². The van der Waals surface area contributed by atoms with Gasteiger partial charge in [-0.15, -0.1) is 0 Å². The number of hydrogen-bond donors (Lipinski definition) is 3. The Labute approximate surface area is 167 Å². The lowest BCUT2D eigenvalue weighted by molar-refractivity contribution is -0.126. The Kier molecular flexibility index (Phi) is 5.13. The number of carbonyl (C=O) groups is 1. The third-order valence-corrected chi connectivity index (χ3v) is 4.65. The maximum Gasteiger partial charge on any atom is 0.246 e. The summed E-state index contributed by atoms with van der Waals surface area (Å²) in [7, 11) is 0. The minimum atomic E-state index is -0.144. The van der Waals surface area contributed by atoms with Gasteiger partial charge in [-0.2, -0.15) is 10.2 Å². The van der Waals surface area contributed by atoms with Crippen molar-refractivity contribution in [2.45, 2.75) is 26.4 Å². The summed E-state index contributed by atoms with van der Waals surface area (Å²) in [5.41, 5.74) is 9.65. The van der Waals surface area contributed by atoms with Crippen LogP contribution in [0.15, 0.2) is 36.7 Å². The number of hydrogen-bond acceptors (Lipinski definition) is 6. The third kappa shape index (κ3) is 3.90. The smallest absolute Gasteiger partial charge is 0.246 e. The Balaban J connectivity index is 1.62. The predicted molar refractivity (Wildman–Crippen MR) is 111 cm³/mol. The van der Waals surface area contributed by atoms with Crippen molar-refractivity contribution in [1.29, 1.82) is 0 Å². The summed E-state index contributed by atoms with van der Waals surface area (Å²) in [6.45, 7) is 4.86. The predicted octanol–water partition coefficient (Wildman–Crippen LogP) is 2.10. The second-order valence-electron chi connectivity index (χ2n) is 6.92. The highest BCUT2D eigenvalue weighted by molar-refractivity contribution is 6.08. The van der Waals surface area contributed by atoms with Crippen LogP contribution >= 0.6 is 0 Å². The van der Waals surface area contributed by atoms with Crippen molar-refractivity contribution in [3.63, 3.8) is 0 Å². The van der Waals surface area contributed by atoms with E-state index in [0.717, 1.165) is 33.1 Å². The van der Waals surface area contributed by atoms with Gasteiger partial charge < -0.3 is 15.8 Å². The molecule has 9 nitrogen and oxygen atoms in total. The van der Waals surface area contributed by atoms with Crippen molar-refractivity contribution < 1.29 is 9.53 Å². The molecule has 0 aliphatic heterocycles. The summed E-state index contributed by atoms with van der Waals surface area (Å²) in [5, 5.41) is 16.3. The lowest BCUT2D eigenvalue weighted by Gasteiger charge is -2.13. The van der Waals surface area contributed by atoms with Gasteiger partial charge in [0.15, 0.2) is 0 Å². The van der Waals surface area contributed by atoms with Crippen molar-refractivity contribution >= 4 is 33.5 Å². The molecule has 1 amide bonds. The zero-order chi connectivity index (χ0) is 20.4. The number of rotatable bonds is 7. The Bertz CT molecular complexity index is 1150. The van der Waals surface area contributed by atoms with E-state index in [4.69, 9.17) is 15.6 Å². The van der Waals surface area contributed by atoms with Gasteiger partial charge in [-0.05, 0) is 32.0 Å². The van der Waals surface area contributed by atoms with Gasteiger partial charge in [0.05, 0.1) is 23.1 Å². The average molecular weight is 393 g/mol. The quantitative estimate of drug-likeness (QED) is 0.442. The molecule has 0 aliphatic rings. The monoisotopic (exact) mass is 393 g/mol. The first-order valence-electron chi connectivity index (χ1n) is 9.48. The van der Waals surface area contributed by atoms with Crippen LogP contribution in [0.5, 0.6) is 0 Å². The summed E-state index contributed by atoms with van der Waals surface area (Å²) in [6.07, 6.45) is 3.58. The molecule has 150 valence electrons. The number of carbonyl (C=O) groups excluding carboxylic acids is 1. The molecule has 0 fully saturated rings. The van der Waals surface area contributed by atoms with Crippen LogP contribution in [-0.2, 0) is 16.1 Å². The highest BCUT2D eigenvalue weighted by Crippen LogP contribution is 2.29. The zero-order valence-corrected chi connectivity index (χ0v) is 16.3. The van der Waals surface area contributed by atoms with E-state index in [2.05, 4.69) is 20.5 Å².